The molecule has 0 saturated carbocycles. The van der Waals surface area contributed by atoms with Crippen molar-refractivity contribution in [2.75, 3.05) is 7.11 Å². The highest BCUT2D eigenvalue weighted by atomic mass is 19.4. The van der Waals surface area contributed by atoms with Gasteiger partial charge in [-0.05, 0) is 41.5 Å². The Kier molecular flexibility index (Phi) is 4.08. The summed E-state index contributed by atoms with van der Waals surface area (Å²) in [7, 11) is 1.16. The Morgan fingerprint density at radius 2 is 1.96 bits per heavy atom. The van der Waals surface area contributed by atoms with Crippen molar-refractivity contribution in [3.8, 4) is 22.9 Å². The Morgan fingerprint density at radius 3 is 2.54 bits per heavy atom. The van der Waals surface area contributed by atoms with E-state index in [1.807, 2.05) is 6.07 Å². The molecule has 0 fully saturated rings. The number of phenols is 1. The van der Waals surface area contributed by atoms with E-state index in [2.05, 4.69) is 9.72 Å². The van der Waals surface area contributed by atoms with Gasteiger partial charge in [0.15, 0.2) is 0 Å². The number of H-pyrrole nitrogens is 1. The maximum absolute atomic E-state index is 13.0. The summed E-state index contributed by atoms with van der Waals surface area (Å²) in [5, 5.41) is 19.4. The van der Waals surface area contributed by atoms with Gasteiger partial charge in [0.05, 0.1) is 18.7 Å². The van der Waals surface area contributed by atoms with E-state index in [-0.39, 0.29) is 27.8 Å². The molecule has 2 N–H and O–H groups in total. The number of nitriles is 1. The number of aromatic hydroxyl groups is 1. The monoisotopic (exact) mass is 360 g/mol. The van der Waals surface area contributed by atoms with Crippen molar-refractivity contribution >= 4 is 16.9 Å². The van der Waals surface area contributed by atoms with Crippen LogP contribution in [0.1, 0.15) is 21.6 Å². The Labute approximate surface area is 145 Å². The molecule has 8 heteroatoms. The van der Waals surface area contributed by atoms with Gasteiger partial charge in [0, 0.05) is 10.9 Å². The summed E-state index contributed by atoms with van der Waals surface area (Å²) < 4.78 is 43.5. The number of esters is 1. The highest BCUT2D eigenvalue weighted by molar-refractivity contribution is 5.99. The lowest BCUT2D eigenvalue weighted by Gasteiger charge is -2.08. The lowest BCUT2D eigenvalue weighted by molar-refractivity contribution is -0.140. The molecular weight excluding hydrogens is 349 g/mol. The fraction of sp³-hybridized carbons (Fsp3) is 0.111. The third-order valence-electron chi connectivity index (χ3n) is 3.89. The highest BCUT2D eigenvalue weighted by Gasteiger charge is 2.33. The molecular formula is C18H11F3N2O3. The van der Waals surface area contributed by atoms with Crippen molar-refractivity contribution in [2.24, 2.45) is 0 Å². The first-order chi connectivity index (χ1) is 12.2. The first-order valence-electron chi connectivity index (χ1n) is 7.30. The molecule has 0 aliphatic heterocycles. The van der Waals surface area contributed by atoms with Crippen molar-refractivity contribution in [3.05, 3.63) is 53.2 Å². The number of hydrogen-bond acceptors (Lipinski definition) is 4. The number of phenolic OH excluding ortho intramolecular Hbond substituents is 1. The van der Waals surface area contributed by atoms with Gasteiger partial charge in [0.25, 0.3) is 0 Å². The minimum Gasteiger partial charge on any atom is -0.507 e. The summed E-state index contributed by atoms with van der Waals surface area (Å²) in [6.45, 7) is 0. The SMILES string of the molecule is COC(=O)c1ccc(-c2cc(C#N)cc3[nH]c(C(F)(F)F)cc23)cc1O. The molecule has 0 radical (unpaired) electrons. The zero-order valence-corrected chi connectivity index (χ0v) is 13.3. The van der Waals surface area contributed by atoms with Crippen LogP contribution in [0.3, 0.4) is 0 Å². The van der Waals surface area contributed by atoms with Gasteiger partial charge in [0.2, 0.25) is 0 Å². The van der Waals surface area contributed by atoms with Crippen molar-refractivity contribution in [1.29, 1.82) is 5.26 Å². The summed E-state index contributed by atoms with van der Waals surface area (Å²) in [4.78, 5) is 13.8. The maximum Gasteiger partial charge on any atom is 0.431 e. The van der Waals surface area contributed by atoms with E-state index in [4.69, 9.17) is 5.26 Å². The van der Waals surface area contributed by atoms with Crippen molar-refractivity contribution in [2.45, 2.75) is 6.18 Å². The number of nitrogens with one attached hydrogen (secondary N) is 1. The van der Waals surface area contributed by atoms with Crippen LogP contribution in [0.25, 0.3) is 22.0 Å². The largest absolute Gasteiger partial charge is 0.507 e. The van der Waals surface area contributed by atoms with Gasteiger partial charge < -0.3 is 14.8 Å². The molecule has 2 aromatic carbocycles. The maximum atomic E-state index is 13.0. The average Bonchev–Trinajstić information content (AvgIpc) is 3.04. The number of fused-ring (bicyclic) bond motifs is 1. The summed E-state index contributed by atoms with van der Waals surface area (Å²) in [5.41, 5.74) is -0.0572. The van der Waals surface area contributed by atoms with E-state index in [0.29, 0.717) is 11.1 Å². The zero-order valence-electron chi connectivity index (χ0n) is 13.3. The molecule has 3 aromatic rings. The molecule has 5 nitrogen and oxygen atoms in total. The van der Waals surface area contributed by atoms with Crippen LogP contribution in [-0.4, -0.2) is 23.2 Å². The number of nitrogens with zero attached hydrogens (tertiary/aromatic N) is 1. The average molecular weight is 360 g/mol. The number of aromatic nitrogens is 1. The topological polar surface area (TPSA) is 86.1 Å². The summed E-state index contributed by atoms with van der Waals surface area (Å²) in [6, 6.07) is 9.57. The number of rotatable bonds is 2. The van der Waals surface area contributed by atoms with E-state index >= 15 is 0 Å². The van der Waals surface area contributed by atoms with Gasteiger partial charge in [-0.2, -0.15) is 18.4 Å². The van der Waals surface area contributed by atoms with Crippen LogP contribution in [-0.2, 0) is 10.9 Å². The van der Waals surface area contributed by atoms with Gasteiger partial charge in [-0.1, -0.05) is 6.07 Å². The number of aromatic amines is 1. The van der Waals surface area contributed by atoms with E-state index in [9.17, 15) is 23.1 Å². The van der Waals surface area contributed by atoms with Gasteiger partial charge >= 0.3 is 12.1 Å². The number of benzene rings is 2. The molecule has 0 spiro atoms. The molecule has 132 valence electrons. The lowest BCUT2D eigenvalue weighted by Crippen LogP contribution is -2.04. The van der Waals surface area contributed by atoms with E-state index < -0.39 is 17.8 Å². The highest BCUT2D eigenvalue weighted by Crippen LogP contribution is 2.37. The van der Waals surface area contributed by atoms with Gasteiger partial charge in [0.1, 0.15) is 17.0 Å². The molecule has 0 atom stereocenters. The van der Waals surface area contributed by atoms with Crippen molar-refractivity contribution in [1.82, 2.24) is 4.98 Å². The summed E-state index contributed by atoms with van der Waals surface area (Å²) in [5.74, 6) is -1.12. The quantitative estimate of drug-likeness (QED) is 0.670. The van der Waals surface area contributed by atoms with Crippen LogP contribution in [0.4, 0.5) is 13.2 Å². The van der Waals surface area contributed by atoms with Crippen LogP contribution in [0.15, 0.2) is 36.4 Å². The fourth-order valence-corrected chi connectivity index (χ4v) is 2.68. The van der Waals surface area contributed by atoms with Crippen LogP contribution in [0.2, 0.25) is 0 Å². The van der Waals surface area contributed by atoms with Crippen LogP contribution in [0, 0.1) is 11.3 Å². The molecule has 1 heterocycles. The zero-order chi connectivity index (χ0) is 19.1. The Hall–Kier alpha value is -3.47. The number of ether oxygens (including phenoxy) is 1. The molecule has 1 aromatic heterocycles. The third kappa shape index (κ3) is 2.95. The fourth-order valence-electron chi connectivity index (χ4n) is 2.68. The molecule has 0 saturated heterocycles. The molecule has 0 amide bonds. The predicted molar refractivity (Wildman–Crippen MR) is 86.5 cm³/mol. The van der Waals surface area contributed by atoms with Crippen LogP contribution < -0.4 is 0 Å². The van der Waals surface area contributed by atoms with E-state index in [1.54, 1.807) is 0 Å². The minimum atomic E-state index is -4.57. The normalized spacial score (nSPS) is 11.3. The Bertz CT molecular complexity index is 1060. The molecule has 0 unspecified atom stereocenters. The molecule has 0 bridgehead atoms. The number of hydrogen-bond donors (Lipinski definition) is 2. The first kappa shape index (κ1) is 17.4. The second kappa shape index (κ2) is 6.11. The third-order valence-corrected chi connectivity index (χ3v) is 3.89. The van der Waals surface area contributed by atoms with Crippen molar-refractivity contribution in [3.63, 3.8) is 0 Å². The molecule has 26 heavy (non-hydrogen) atoms. The van der Waals surface area contributed by atoms with Crippen molar-refractivity contribution < 1.29 is 27.8 Å². The smallest absolute Gasteiger partial charge is 0.431 e. The van der Waals surface area contributed by atoms with Gasteiger partial charge in [-0.15, -0.1) is 0 Å². The second-order valence-corrected chi connectivity index (χ2v) is 5.50. The Balaban J connectivity index is 2.24. The number of methoxy groups -OCH3 is 1. The lowest BCUT2D eigenvalue weighted by atomic mass is 9.97. The number of carbonyl (C=O) groups is 1. The molecule has 0 aliphatic carbocycles. The predicted octanol–water partition coefficient (Wildman–Crippen LogP) is 4.22. The van der Waals surface area contributed by atoms with Crippen LogP contribution >= 0.6 is 0 Å². The van der Waals surface area contributed by atoms with Gasteiger partial charge in [-0.3, -0.25) is 0 Å². The standard InChI is InChI=1S/C18H11F3N2O3/c1-26-17(25)11-3-2-10(6-15(11)24)12-4-9(8-22)5-14-13(12)7-16(23-14)18(19,20)21/h2-7,23-24H,1H3. The van der Waals surface area contributed by atoms with E-state index in [0.717, 1.165) is 13.2 Å². The molecule has 0 aliphatic rings. The first-order valence-corrected chi connectivity index (χ1v) is 7.30. The summed E-state index contributed by atoms with van der Waals surface area (Å²) in [6.07, 6.45) is -4.57. The number of alkyl halides is 3. The summed E-state index contributed by atoms with van der Waals surface area (Å²) >= 11 is 0. The van der Waals surface area contributed by atoms with E-state index in [1.165, 1.54) is 30.3 Å². The Morgan fingerprint density at radius 1 is 1.23 bits per heavy atom. The number of halogens is 3. The second-order valence-electron chi connectivity index (χ2n) is 5.50. The molecule has 3 rings (SSSR count). The number of carbonyl (C=O) groups excluding carboxylic acids is 1. The minimum absolute atomic E-state index is 0.0750. The van der Waals surface area contributed by atoms with Gasteiger partial charge in [-0.25, -0.2) is 4.79 Å². The van der Waals surface area contributed by atoms with Crippen LogP contribution in [0.5, 0.6) is 5.75 Å².